The number of rotatable bonds is 3. The van der Waals surface area contributed by atoms with E-state index in [-0.39, 0.29) is 17.3 Å². The van der Waals surface area contributed by atoms with Crippen LogP contribution in [-0.4, -0.2) is 54.7 Å². The van der Waals surface area contributed by atoms with E-state index in [1.54, 1.807) is 11.0 Å². The lowest BCUT2D eigenvalue weighted by atomic mass is 10.3. The minimum Gasteiger partial charge on any atom is -0.340 e. The van der Waals surface area contributed by atoms with Crippen molar-refractivity contribution in [1.82, 2.24) is 14.2 Å². The van der Waals surface area contributed by atoms with Crippen molar-refractivity contribution >= 4 is 15.9 Å². The highest BCUT2D eigenvalue weighted by molar-refractivity contribution is 7.89. The van der Waals surface area contributed by atoms with E-state index >= 15 is 0 Å². The Hall–Kier alpha value is -1.51. The molecular weight excluding hydrogens is 280 g/mol. The van der Waals surface area contributed by atoms with Crippen molar-refractivity contribution in [2.75, 3.05) is 26.2 Å². The van der Waals surface area contributed by atoms with Crippen LogP contribution in [0.5, 0.6) is 0 Å². The largest absolute Gasteiger partial charge is 0.340 e. The number of amides is 1. The van der Waals surface area contributed by atoms with Crippen molar-refractivity contribution in [3.63, 3.8) is 0 Å². The molecule has 1 fully saturated rings. The molecule has 1 aliphatic heterocycles. The molecule has 0 aliphatic carbocycles. The zero-order valence-electron chi connectivity index (χ0n) is 11.3. The van der Waals surface area contributed by atoms with Crippen LogP contribution in [0.1, 0.15) is 12.6 Å². The van der Waals surface area contributed by atoms with Gasteiger partial charge >= 0.3 is 0 Å². The molecule has 0 saturated carbocycles. The van der Waals surface area contributed by atoms with Crippen LogP contribution in [-0.2, 0) is 21.4 Å². The molecule has 2 rings (SSSR count). The molecule has 7 nitrogen and oxygen atoms in total. The summed E-state index contributed by atoms with van der Waals surface area (Å²) < 4.78 is 26.5. The fourth-order valence-corrected chi connectivity index (χ4v) is 3.80. The Kier molecular flexibility index (Phi) is 4.36. The molecular formula is C12H18N4O3S. The summed E-state index contributed by atoms with van der Waals surface area (Å²) in [6.45, 7) is 2.96. The van der Waals surface area contributed by atoms with Crippen molar-refractivity contribution < 1.29 is 13.2 Å². The molecule has 2 heterocycles. The molecule has 8 heteroatoms. The predicted molar refractivity (Wildman–Crippen MR) is 73.1 cm³/mol. The quantitative estimate of drug-likeness (QED) is 0.803. The Labute approximate surface area is 118 Å². The van der Waals surface area contributed by atoms with Gasteiger partial charge in [0.15, 0.2) is 0 Å². The molecule has 0 radical (unpaired) electrons. The van der Waals surface area contributed by atoms with Gasteiger partial charge in [-0.2, -0.15) is 4.31 Å². The average Bonchev–Trinajstić information content (AvgIpc) is 2.47. The van der Waals surface area contributed by atoms with E-state index in [1.165, 1.54) is 23.5 Å². The molecule has 110 valence electrons. The first-order valence-electron chi connectivity index (χ1n) is 6.36. The molecule has 1 saturated heterocycles. The van der Waals surface area contributed by atoms with E-state index < -0.39 is 10.0 Å². The number of carbonyl (C=O) groups excluding carboxylic acids is 1. The highest BCUT2D eigenvalue weighted by atomic mass is 32.2. The van der Waals surface area contributed by atoms with E-state index in [0.717, 1.165) is 0 Å². The topological polar surface area (TPSA) is 96.6 Å². The maximum absolute atomic E-state index is 12.6. The van der Waals surface area contributed by atoms with Gasteiger partial charge in [0.25, 0.3) is 0 Å². The third kappa shape index (κ3) is 2.82. The maximum Gasteiger partial charge on any atom is 0.245 e. The second-order valence-electron chi connectivity index (χ2n) is 4.56. The standard InChI is InChI=1S/C12H18N4O3S/c1-10(17)15-5-7-16(8-6-15)20(18,19)12-3-2-4-14-11(12)9-13/h2-4H,5-9,13H2,1H3. The summed E-state index contributed by atoms with van der Waals surface area (Å²) in [5, 5.41) is 0. The molecule has 1 amide bonds. The van der Waals surface area contributed by atoms with E-state index in [4.69, 9.17) is 5.73 Å². The number of sulfonamides is 1. The van der Waals surface area contributed by atoms with Gasteiger partial charge in [-0.25, -0.2) is 8.42 Å². The fourth-order valence-electron chi connectivity index (χ4n) is 2.19. The molecule has 0 spiro atoms. The van der Waals surface area contributed by atoms with Crippen LogP contribution < -0.4 is 5.73 Å². The van der Waals surface area contributed by atoms with Gasteiger partial charge in [0.2, 0.25) is 15.9 Å². The number of nitrogens with zero attached hydrogens (tertiary/aromatic N) is 3. The van der Waals surface area contributed by atoms with E-state index in [9.17, 15) is 13.2 Å². The Bertz CT molecular complexity index is 594. The van der Waals surface area contributed by atoms with Crippen LogP contribution in [0.4, 0.5) is 0 Å². The summed E-state index contributed by atoms with van der Waals surface area (Å²) in [6, 6.07) is 3.10. The molecule has 0 aromatic carbocycles. The monoisotopic (exact) mass is 298 g/mol. The van der Waals surface area contributed by atoms with Crippen molar-refractivity contribution in [3.8, 4) is 0 Å². The highest BCUT2D eigenvalue weighted by Gasteiger charge is 2.30. The third-order valence-corrected chi connectivity index (χ3v) is 5.32. The van der Waals surface area contributed by atoms with Crippen molar-refractivity contribution in [1.29, 1.82) is 0 Å². The van der Waals surface area contributed by atoms with E-state index in [2.05, 4.69) is 4.98 Å². The van der Waals surface area contributed by atoms with Gasteiger partial charge in [-0.1, -0.05) is 0 Å². The lowest BCUT2D eigenvalue weighted by molar-refractivity contribution is -0.129. The lowest BCUT2D eigenvalue weighted by Gasteiger charge is -2.33. The van der Waals surface area contributed by atoms with Gasteiger partial charge < -0.3 is 10.6 Å². The molecule has 0 atom stereocenters. The smallest absolute Gasteiger partial charge is 0.245 e. The first-order valence-corrected chi connectivity index (χ1v) is 7.80. The van der Waals surface area contributed by atoms with Crippen LogP contribution in [0, 0.1) is 0 Å². The first-order chi connectivity index (χ1) is 9.46. The summed E-state index contributed by atoms with van der Waals surface area (Å²) >= 11 is 0. The Morgan fingerprint density at radius 1 is 1.35 bits per heavy atom. The van der Waals surface area contributed by atoms with E-state index in [0.29, 0.717) is 31.9 Å². The molecule has 1 aliphatic rings. The second kappa shape index (κ2) is 5.86. The van der Waals surface area contributed by atoms with Crippen molar-refractivity contribution in [2.45, 2.75) is 18.4 Å². The number of piperazine rings is 1. The zero-order chi connectivity index (χ0) is 14.8. The summed E-state index contributed by atoms with van der Waals surface area (Å²) in [4.78, 5) is 17.1. The highest BCUT2D eigenvalue weighted by Crippen LogP contribution is 2.19. The first kappa shape index (κ1) is 14.9. The van der Waals surface area contributed by atoms with Crippen LogP contribution in [0.25, 0.3) is 0 Å². The summed E-state index contributed by atoms with van der Waals surface area (Å²) in [5.41, 5.74) is 5.90. The number of hydrogen-bond acceptors (Lipinski definition) is 5. The summed E-state index contributed by atoms with van der Waals surface area (Å²) in [7, 11) is -3.60. The van der Waals surface area contributed by atoms with Crippen LogP contribution in [0.3, 0.4) is 0 Å². The van der Waals surface area contributed by atoms with Crippen LogP contribution in [0.2, 0.25) is 0 Å². The van der Waals surface area contributed by atoms with Crippen LogP contribution in [0.15, 0.2) is 23.2 Å². The zero-order valence-corrected chi connectivity index (χ0v) is 12.1. The van der Waals surface area contributed by atoms with E-state index in [1.807, 2.05) is 0 Å². The van der Waals surface area contributed by atoms with Crippen molar-refractivity contribution in [2.24, 2.45) is 5.73 Å². The number of pyridine rings is 1. The minimum absolute atomic E-state index is 0.0360. The van der Waals surface area contributed by atoms with Gasteiger partial charge in [-0.05, 0) is 12.1 Å². The maximum atomic E-state index is 12.6. The summed E-state index contributed by atoms with van der Waals surface area (Å²) in [6.07, 6.45) is 1.52. The summed E-state index contributed by atoms with van der Waals surface area (Å²) in [5.74, 6) is -0.0360. The molecule has 20 heavy (non-hydrogen) atoms. The Morgan fingerprint density at radius 2 is 2.00 bits per heavy atom. The number of aromatic nitrogens is 1. The molecule has 2 N–H and O–H groups in total. The van der Waals surface area contributed by atoms with Crippen molar-refractivity contribution in [3.05, 3.63) is 24.0 Å². The average molecular weight is 298 g/mol. The predicted octanol–water partition coefficient (Wildman–Crippen LogP) is -0.607. The van der Waals surface area contributed by atoms with Gasteiger partial charge in [-0.3, -0.25) is 9.78 Å². The Morgan fingerprint density at radius 3 is 2.55 bits per heavy atom. The van der Waals surface area contributed by atoms with Gasteiger partial charge in [0.05, 0.1) is 5.69 Å². The van der Waals surface area contributed by atoms with Gasteiger partial charge in [-0.15, -0.1) is 0 Å². The molecule has 1 aromatic heterocycles. The Balaban J connectivity index is 2.22. The number of carbonyl (C=O) groups is 1. The van der Waals surface area contributed by atoms with Gasteiger partial charge in [0.1, 0.15) is 4.90 Å². The minimum atomic E-state index is -3.60. The SMILES string of the molecule is CC(=O)N1CCN(S(=O)(=O)c2cccnc2CN)CC1. The molecule has 0 bridgehead atoms. The second-order valence-corrected chi connectivity index (χ2v) is 6.47. The van der Waals surface area contributed by atoms with Crippen LogP contribution >= 0.6 is 0 Å². The van der Waals surface area contributed by atoms with Gasteiger partial charge in [0, 0.05) is 45.8 Å². The number of nitrogens with two attached hydrogens (primary N) is 1. The fraction of sp³-hybridized carbons (Fsp3) is 0.500. The molecule has 1 aromatic rings. The number of hydrogen-bond donors (Lipinski definition) is 1. The third-order valence-electron chi connectivity index (χ3n) is 3.34. The molecule has 0 unspecified atom stereocenters. The normalized spacial score (nSPS) is 17.2. The lowest BCUT2D eigenvalue weighted by Crippen LogP contribution is -2.50.